The van der Waals surface area contributed by atoms with E-state index in [1.54, 1.807) is 57.2 Å². The van der Waals surface area contributed by atoms with Gasteiger partial charge in [0.05, 0.1) is 0 Å². The normalized spacial score (nSPS) is 12.0. The summed E-state index contributed by atoms with van der Waals surface area (Å²) >= 11 is 0. The van der Waals surface area contributed by atoms with E-state index >= 15 is 0 Å². The molecule has 0 saturated carbocycles. The molecule has 0 aliphatic carbocycles. The summed E-state index contributed by atoms with van der Waals surface area (Å²) in [6.07, 6.45) is -2.29. The van der Waals surface area contributed by atoms with Crippen molar-refractivity contribution < 1.29 is 53.2 Å². The first kappa shape index (κ1) is 37.6. The number of carbonyl (C=O) groups is 6. The predicted molar refractivity (Wildman–Crippen MR) is 165 cm³/mol. The summed E-state index contributed by atoms with van der Waals surface area (Å²) in [6, 6.07) is 12.4. The van der Waals surface area contributed by atoms with E-state index in [4.69, 9.17) is 14.2 Å². The van der Waals surface area contributed by atoms with E-state index in [0.29, 0.717) is 22.4 Å². The Kier molecular flexibility index (Phi) is 14.0. The molecule has 2 aromatic rings. The molecule has 4 N–H and O–H groups in total. The Hall–Kier alpha value is -4.62. The summed E-state index contributed by atoms with van der Waals surface area (Å²) in [7, 11) is 0. The number of rotatable bonds is 17. The highest BCUT2D eigenvalue weighted by Gasteiger charge is 2.25. The number of aliphatic hydroxyl groups is 2. The highest BCUT2D eigenvalue weighted by Crippen LogP contribution is 2.22. The van der Waals surface area contributed by atoms with E-state index in [1.807, 2.05) is 0 Å². The lowest BCUT2D eigenvalue weighted by Crippen LogP contribution is -2.36. The van der Waals surface area contributed by atoms with Gasteiger partial charge in [-0.2, -0.15) is 0 Å². The minimum absolute atomic E-state index is 0.00556. The number of ether oxygens (including phenoxy) is 3. The molecule has 0 fully saturated rings. The Morgan fingerprint density at radius 3 is 1.67 bits per heavy atom. The number of carbonyl (C=O) groups excluding carboxylic acids is 6. The van der Waals surface area contributed by atoms with Crippen molar-refractivity contribution in [1.82, 2.24) is 10.6 Å². The fourth-order valence-electron chi connectivity index (χ4n) is 3.82. The molecular weight excluding hydrogens is 600 g/mol. The Bertz CT molecular complexity index is 1370. The summed E-state index contributed by atoms with van der Waals surface area (Å²) in [6.45, 7) is 7.70. The molecule has 0 spiro atoms. The summed E-state index contributed by atoms with van der Waals surface area (Å²) in [5, 5.41) is 24.9. The third kappa shape index (κ3) is 13.2. The number of hydrogen-bond acceptors (Lipinski definition) is 11. The number of ketones is 2. The van der Waals surface area contributed by atoms with E-state index in [0.717, 1.165) is 0 Å². The molecule has 250 valence electrons. The SMILES string of the molecule is CC(C)(C)C(=O)c1ccc(C(O)COC(=O)CC(=O)NCCNC(=O)CC(=O)OCCOc2ccc(C(=O)C(C)(C)O)cc2)cc1. The molecular formula is C33H42N2O11. The highest BCUT2D eigenvalue weighted by molar-refractivity contribution is 6.02. The van der Waals surface area contributed by atoms with Crippen molar-refractivity contribution in [3.63, 3.8) is 0 Å². The van der Waals surface area contributed by atoms with Gasteiger partial charge in [-0.05, 0) is 43.7 Å². The van der Waals surface area contributed by atoms with Gasteiger partial charge in [-0.1, -0.05) is 45.0 Å². The van der Waals surface area contributed by atoms with Crippen LogP contribution in [0.25, 0.3) is 0 Å². The molecule has 0 radical (unpaired) electrons. The van der Waals surface area contributed by atoms with Gasteiger partial charge in [0.15, 0.2) is 11.6 Å². The quantitative estimate of drug-likeness (QED) is 0.0854. The Balaban J connectivity index is 1.56. The monoisotopic (exact) mass is 642 g/mol. The van der Waals surface area contributed by atoms with Crippen molar-refractivity contribution in [3.8, 4) is 5.75 Å². The fourth-order valence-corrected chi connectivity index (χ4v) is 3.82. The first-order valence-electron chi connectivity index (χ1n) is 14.6. The van der Waals surface area contributed by atoms with Gasteiger partial charge < -0.3 is 35.1 Å². The van der Waals surface area contributed by atoms with Crippen LogP contribution in [-0.2, 0) is 28.7 Å². The topological polar surface area (TPSA) is 195 Å². The zero-order chi connectivity index (χ0) is 34.5. The highest BCUT2D eigenvalue weighted by atomic mass is 16.6. The van der Waals surface area contributed by atoms with Crippen molar-refractivity contribution in [1.29, 1.82) is 0 Å². The predicted octanol–water partition coefficient (Wildman–Crippen LogP) is 2.08. The number of benzene rings is 2. The molecule has 2 rings (SSSR count). The van der Waals surface area contributed by atoms with E-state index in [9.17, 15) is 39.0 Å². The molecule has 13 nitrogen and oxygen atoms in total. The van der Waals surface area contributed by atoms with Crippen LogP contribution in [0.2, 0.25) is 0 Å². The van der Waals surface area contributed by atoms with Crippen molar-refractivity contribution in [2.75, 3.05) is 32.9 Å². The Morgan fingerprint density at radius 1 is 0.696 bits per heavy atom. The maximum absolute atomic E-state index is 12.3. The zero-order valence-electron chi connectivity index (χ0n) is 26.7. The second-order valence-electron chi connectivity index (χ2n) is 11.9. The number of amides is 2. The zero-order valence-corrected chi connectivity index (χ0v) is 26.7. The number of hydrogen-bond donors (Lipinski definition) is 4. The first-order valence-corrected chi connectivity index (χ1v) is 14.6. The molecule has 0 saturated heterocycles. The number of aliphatic hydroxyl groups excluding tert-OH is 1. The standard InChI is InChI=1S/C33H42N2O11/c1-32(2,3)30(41)22-8-6-21(7-9-22)25(36)20-46-29(40)19-27(38)35-15-14-34-26(37)18-28(39)45-17-16-44-24-12-10-23(11-13-24)31(42)33(4,5)43/h6-13,25,36,43H,14-20H2,1-5H3,(H,34,37)(H,35,38). The maximum atomic E-state index is 12.3. The number of esters is 2. The Labute approximate surface area is 267 Å². The maximum Gasteiger partial charge on any atom is 0.315 e. The number of Topliss-reactive ketones (excluding diaryl/α,β-unsaturated/α-hetero) is 2. The lowest BCUT2D eigenvalue weighted by molar-refractivity contribution is -0.150. The smallest absolute Gasteiger partial charge is 0.315 e. The number of nitrogens with one attached hydrogen (secondary N) is 2. The van der Waals surface area contributed by atoms with Crippen LogP contribution >= 0.6 is 0 Å². The lowest BCUT2D eigenvalue weighted by atomic mass is 9.86. The van der Waals surface area contributed by atoms with E-state index in [-0.39, 0.29) is 38.7 Å². The molecule has 0 bridgehead atoms. The van der Waals surface area contributed by atoms with Gasteiger partial charge in [0.2, 0.25) is 11.8 Å². The van der Waals surface area contributed by atoms with Gasteiger partial charge in [-0.15, -0.1) is 0 Å². The molecule has 0 aromatic heterocycles. The fraction of sp³-hybridized carbons (Fsp3) is 0.455. The van der Waals surface area contributed by atoms with Crippen LogP contribution < -0.4 is 15.4 Å². The van der Waals surface area contributed by atoms with Crippen LogP contribution in [0.3, 0.4) is 0 Å². The summed E-state index contributed by atoms with van der Waals surface area (Å²) in [4.78, 5) is 72.1. The van der Waals surface area contributed by atoms with Crippen LogP contribution in [0, 0.1) is 5.41 Å². The van der Waals surface area contributed by atoms with Crippen molar-refractivity contribution in [3.05, 3.63) is 65.2 Å². The van der Waals surface area contributed by atoms with Crippen molar-refractivity contribution >= 4 is 35.3 Å². The third-order valence-electron chi connectivity index (χ3n) is 6.31. The van der Waals surface area contributed by atoms with Gasteiger partial charge in [0.1, 0.15) is 50.1 Å². The van der Waals surface area contributed by atoms with Crippen LogP contribution in [0.4, 0.5) is 0 Å². The molecule has 1 unspecified atom stereocenters. The van der Waals surface area contributed by atoms with E-state index < -0.39 is 59.5 Å². The van der Waals surface area contributed by atoms with Crippen LogP contribution in [0.15, 0.2) is 48.5 Å². The van der Waals surface area contributed by atoms with Crippen molar-refractivity contribution in [2.24, 2.45) is 5.41 Å². The molecule has 0 heterocycles. The average molecular weight is 643 g/mol. The lowest BCUT2D eigenvalue weighted by Gasteiger charge is -2.17. The van der Waals surface area contributed by atoms with Crippen molar-refractivity contribution in [2.45, 2.75) is 59.2 Å². The molecule has 2 aromatic carbocycles. The van der Waals surface area contributed by atoms with Crippen LogP contribution in [-0.4, -0.2) is 84.0 Å². The molecule has 0 aliphatic heterocycles. The van der Waals surface area contributed by atoms with Gasteiger partial charge >= 0.3 is 11.9 Å². The molecule has 46 heavy (non-hydrogen) atoms. The second kappa shape index (κ2) is 17.2. The third-order valence-corrected chi connectivity index (χ3v) is 6.31. The van der Waals surface area contributed by atoms with E-state index in [1.165, 1.54) is 26.0 Å². The molecule has 13 heteroatoms. The van der Waals surface area contributed by atoms with Gasteiger partial charge in [-0.25, -0.2) is 0 Å². The first-order chi connectivity index (χ1) is 21.5. The second-order valence-corrected chi connectivity index (χ2v) is 11.9. The van der Waals surface area contributed by atoms with E-state index in [2.05, 4.69) is 10.6 Å². The summed E-state index contributed by atoms with van der Waals surface area (Å²) < 4.78 is 15.4. The largest absolute Gasteiger partial charge is 0.490 e. The molecule has 0 aliphatic rings. The average Bonchev–Trinajstić information content (AvgIpc) is 2.99. The van der Waals surface area contributed by atoms with Crippen LogP contribution in [0.5, 0.6) is 5.75 Å². The molecule has 1 atom stereocenters. The minimum atomic E-state index is -1.49. The van der Waals surface area contributed by atoms with Gasteiger partial charge in [-0.3, -0.25) is 28.8 Å². The summed E-state index contributed by atoms with van der Waals surface area (Å²) in [5.41, 5.74) is -0.776. The minimum Gasteiger partial charge on any atom is -0.490 e. The van der Waals surface area contributed by atoms with Gasteiger partial charge in [0, 0.05) is 29.6 Å². The molecule has 2 amide bonds. The van der Waals surface area contributed by atoms with Crippen LogP contribution in [0.1, 0.15) is 79.8 Å². The van der Waals surface area contributed by atoms with Gasteiger partial charge in [0.25, 0.3) is 0 Å². The summed E-state index contributed by atoms with van der Waals surface area (Å²) in [5.74, 6) is -2.98. The Morgan fingerprint density at radius 2 is 1.17 bits per heavy atom.